The van der Waals surface area contributed by atoms with Gasteiger partial charge in [-0.1, -0.05) is 23.7 Å². The fraction of sp³-hybridized carbons (Fsp3) is 0.312. The monoisotopic (exact) mass is 430 g/mol. The Bertz CT molecular complexity index is 879. The first-order valence-electron chi connectivity index (χ1n) is 7.46. The van der Waals surface area contributed by atoms with E-state index in [2.05, 4.69) is 31.2 Å². The molecule has 0 saturated carbocycles. The van der Waals surface area contributed by atoms with Crippen LogP contribution in [-0.4, -0.2) is 20.0 Å². The van der Waals surface area contributed by atoms with Gasteiger partial charge in [0.05, 0.1) is 16.6 Å². The minimum Gasteiger partial charge on any atom is -0.423 e. The molecule has 9 heteroatoms. The largest absolute Gasteiger partial charge is 0.423 e. The number of rotatable bonds is 5. The molecule has 0 amide bonds. The van der Waals surface area contributed by atoms with Crippen molar-refractivity contribution in [1.29, 1.82) is 0 Å². The van der Waals surface area contributed by atoms with E-state index in [4.69, 9.17) is 16.0 Å². The zero-order chi connectivity index (χ0) is 18.1. The predicted octanol–water partition coefficient (Wildman–Crippen LogP) is 5.13. The molecule has 0 saturated heterocycles. The Morgan fingerprint density at radius 1 is 1.24 bits per heavy atom. The third kappa shape index (κ3) is 3.74. The van der Waals surface area contributed by atoms with Gasteiger partial charge in [0.25, 0.3) is 6.43 Å². The molecule has 2 heterocycles. The fourth-order valence-electron chi connectivity index (χ4n) is 2.43. The molecule has 3 rings (SSSR count). The van der Waals surface area contributed by atoms with Gasteiger partial charge in [-0.2, -0.15) is 5.10 Å². The highest BCUT2D eigenvalue weighted by Crippen LogP contribution is 2.31. The molecule has 0 aliphatic rings. The van der Waals surface area contributed by atoms with Gasteiger partial charge in [-0.3, -0.25) is 4.68 Å². The maximum absolute atomic E-state index is 13.0. The third-order valence-corrected chi connectivity index (χ3v) is 5.02. The molecular formula is C16H14BrClF2N4O. The molecule has 0 radical (unpaired) electrons. The molecule has 0 aliphatic heterocycles. The molecule has 0 fully saturated rings. The maximum Gasteiger partial charge on any atom is 0.283 e. The smallest absolute Gasteiger partial charge is 0.283 e. The Morgan fingerprint density at radius 3 is 2.52 bits per heavy atom. The van der Waals surface area contributed by atoms with Gasteiger partial charge in [-0.05, 0) is 47.5 Å². The highest BCUT2D eigenvalue weighted by atomic mass is 79.9. The van der Waals surface area contributed by atoms with Crippen LogP contribution < -0.4 is 0 Å². The van der Waals surface area contributed by atoms with Crippen LogP contribution in [0.15, 0.2) is 33.2 Å². The molecular weight excluding hydrogens is 418 g/mol. The number of alkyl halides is 2. The minimum atomic E-state index is -2.66. The number of hydrogen-bond donors (Lipinski definition) is 0. The van der Waals surface area contributed by atoms with Gasteiger partial charge in [-0.25, -0.2) is 8.78 Å². The van der Waals surface area contributed by atoms with Crippen molar-refractivity contribution < 1.29 is 13.2 Å². The number of halogens is 4. The molecule has 2 aromatic heterocycles. The summed E-state index contributed by atoms with van der Waals surface area (Å²) in [5.41, 5.74) is 1.25. The summed E-state index contributed by atoms with van der Waals surface area (Å²) in [5, 5.41) is 12.7. The van der Waals surface area contributed by atoms with Crippen LogP contribution in [0, 0.1) is 6.92 Å². The Morgan fingerprint density at radius 2 is 1.92 bits per heavy atom. The van der Waals surface area contributed by atoms with Crippen molar-refractivity contribution in [3.63, 3.8) is 0 Å². The second-order valence-electron chi connectivity index (χ2n) is 5.54. The zero-order valence-electron chi connectivity index (χ0n) is 13.4. The topological polar surface area (TPSA) is 56.7 Å². The average Bonchev–Trinajstić information content (AvgIpc) is 3.15. The SMILES string of the molecule is Cc1c(Br)c(C(F)F)nn1C(C)c1nnc(Cc2ccc(Cl)cc2)o1. The highest BCUT2D eigenvalue weighted by Gasteiger charge is 2.25. The molecule has 0 bridgehead atoms. The second kappa shape index (κ2) is 7.21. The van der Waals surface area contributed by atoms with E-state index < -0.39 is 12.5 Å². The summed E-state index contributed by atoms with van der Waals surface area (Å²) in [7, 11) is 0. The van der Waals surface area contributed by atoms with Crippen LogP contribution in [-0.2, 0) is 6.42 Å². The van der Waals surface area contributed by atoms with Gasteiger partial charge >= 0.3 is 0 Å². The van der Waals surface area contributed by atoms with Crippen molar-refractivity contribution >= 4 is 27.5 Å². The van der Waals surface area contributed by atoms with E-state index in [-0.39, 0.29) is 10.2 Å². The molecule has 0 N–H and O–H groups in total. The number of hydrogen-bond acceptors (Lipinski definition) is 4. The van der Waals surface area contributed by atoms with E-state index in [9.17, 15) is 8.78 Å². The summed E-state index contributed by atoms with van der Waals surface area (Å²) >= 11 is 9.02. The summed E-state index contributed by atoms with van der Waals surface area (Å²) < 4.78 is 33.4. The molecule has 25 heavy (non-hydrogen) atoms. The molecule has 5 nitrogen and oxygen atoms in total. The quantitative estimate of drug-likeness (QED) is 0.562. The van der Waals surface area contributed by atoms with Crippen LogP contribution >= 0.6 is 27.5 Å². The lowest BCUT2D eigenvalue weighted by Crippen LogP contribution is -2.11. The number of benzene rings is 1. The van der Waals surface area contributed by atoms with Gasteiger partial charge in [0, 0.05) is 5.02 Å². The van der Waals surface area contributed by atoms with Crippen LogP contribution in [0.2, 0.25) is 5.02 Å². The van der Waals surface area contributed by atoms with Crippen molar-refractivity contribution in [3.8, 4) is 0 Å². The molecule has 1 aromatic carbocycles. The van der Waals surface area contributed by atoms with Crippen LogP contribution in [0.4, 0.5) is 8.78 Å². The Balaban J connectivity index is 1.82. The molecule has 1 atom stereocenters. The van der Waals surface area contributed by atoms with Crippen molar-refractivity contribution in [1.82, 2.24) is 20.0 Å². The minimum absolute atomic E-state index is 0.287. The van der Waals surface area contributed by atoms with E-state index in [1.165, 1.54) is 4.68 Å². The Kier molecular flexibility index (Phi) is 5.19. The van der Waals surface area contributed by atoms with Crippen molar-refractivity contribution in [2.24, 2.45) is 0 Å². The Hall–Kier alpha value is -1.80. The van der Waals surface area contributed by atoms with Gasteiger partial charge in [0.1, 0.15) is 11.7 Å². The molecule has 1 unspecified atom stereocenters. The van der Waals surface area contributed by atoms with Crippen LogP contribution in [0.3, 0.4) is 0 Å². The summed E-state index contributed by atoms with van der Waals surface area (Å²) in [6, 6.07) is 6.86. The summed E-state index contributed by atoms with van der Waals surface area (Å²) in [6.45, 7) is 3.46. The highest BCUT2D eigenvalue weighted by molar-refractivity contribution is 9.10. The summed E-state index contributed by atoms with van der Waals surface area (Å²) in [5.74, 6) is 0.741. The van der Waals surface area contributed by atoms with Crippen molar-refractivity contribution in [3.05, 3.63) is 62.5 Å². The first-order valence-corrected chi connectivity index (χ1v) is 8.63. The van der Waals surface area contributed by atoms with Crippen LogP contribution in [0.25, 0.3) is 0 Å². The van der Waals surface area contributed by atoms with Crippen LogP contribution in [0.1, 0.15) is 48.1 Å². The summed E-state index contributed by atoms with van der Waals surface area (Å²) in [6.07, 6.45) is -2.20. The van der Waals surface area contributed by atoms with Gasteiger partial charge in [0.15, 0.2) is 0 Å². The molecule has 0 spiro atoms. The number of nitrogens with zero attached hydrogens (tertiary/aromatic N) is 4. The van der Waals surface area contributed by atoms with Gasteiger partial charge < -0.3 is 4.42 Å². The number of aromatic nitrogens is 4. The zero-order valence-corrected chi connectivity index (χ0v) is 15.7. The van der Waals surface area contributed by atoms with E-state index in [1.807, 2.05) is 12.1 Å². The molecule has 3 aromatic rings. The summed E-state index contributed by atoms with van der Waals surface area (Å²) in [4.78, 5) is 0. The lowest BCUT2D eigenvalue weighted by Gasteiger charge is -2.09. The Labute approximate surface area is 156 Å². The fourth-order valence-corrected chi connectivity index (χ4v) is 2.99. The molecule has 132 valence electrons. The first-order chi connectivity index (χ1) is 11.9. The maximum atomic E-state index is 13.0. The molecule has 0 aliphatic carbocycles. The second-order valence-corrected chi connectivity index (χ2v) is 6.77. The predicted molar refractivity (Wildman–Crippen MR) is 92.0 cm³/mol. The van der Waals surface area contributed by atoms with Crippen LogP contribution in [0.5, 0.6) is 0 Å². The van der Waals surface area contributed by atoms with Gasteiger partial charge in [-0.15, -0.1) is 10.2 Å². The van der Waals surface area contributed by atoms with Gasteiger partial charge in [0.2, 0.25) is 11.8 Å². The normalized spacial score (nSPS) is 12.8. The van der Waals surface area contributed by atoms with E-state index in [1.54, 1.807) is 26.0 Å². The van der Waals surface area contributed by atoms with E-state index >= 15 is 0 Å². The third-order valence-electron chi connectivity index (χ3n) is 3.78. The van der Waals surface area contributed by atoms with Crippen molar-refractivity contribution in [2.45, 2.75) is 32.7 Å². The average molecular weight is 432 g/mol. The standard InChI is InChI=1S/C16H14BrClF2N4O/c1-8-13(17)14(15(19)20)23-24(8)9(2)16-22-21-12(25-16)7-10-3-5-11(18)6-4-10/h3-6,9,15H,7H2,1-2H3. The van der Waals surface area contributed by atoms with E-state index in [0.717, 1.165) is 5.56 Å². The lowest BCUT2D eigenvalue weighted by molar-refractivity contribution is 0.144. The first kappa shape index (κ1) is 18.0. The van der Waals surface area contributed by atoms with E-state index in [0.29, 0.717) is 28.9 Å². The van der Waals surface area contributed by atoms with Crippen molar-refractivity contribution in [2.75, 3.05) is 0 Å². The lowest BCUT2D eigenvalue weighted by atomic mass is 10.1.